The molecule has 0 saturated carbocycles. The van der Waals surface area contributed by atoms with Gasteiger partial charge in [0.15, 0.2) is 0 Å². The van der Waals surface area contributed by atoms with Crippen molar-refractivity contribution in [2.75, 3.05) is 0 Å². The number of imidazole rings is 1. The Morgan fingerprint density at radius 2 is 1.43 bits per heavy atom. The van der Waals surface area contributed by atoms with Gasteiger partial charge in [0.25, 0.3) is 0 Å². The second kappa shape index (κ2) is 14.4. The molecule has 0 spiro atoms. The second-order valence-corrected chi connectivity index (χ2v) is 8.43. The molecule has 0 bridgehead atoms. The minimum atomic E-state index is 0.579. The Balaban J connectivity index is 2.01. The topological polar surface area (TPSA) is 17.8 Å². The molecule has 2 aromatic rings. The van der Waals surface area contributed by atoms with Gasteiger partial charge in [-0.1, -0.05) is 108 Å². The lowest BCUT2D eigenvalue weighted by atomic mass is 9.84. The Morgan fingerprint density at radius 3 is 2.11 bits per heavy atom. The van der Waals surface area contributed by atoms with Gasteiger partial charge in [-0.2, -0.15) is 0 Å². The zero-order valence-corrected chi connectivity index (χ0v) is 18.4. The van der Waals surface area contributed by atoms with Crippen LogP contribution in [0.4, 0.5) is 0 Å². The lowest BCUT2D eigenvalue weighted by Gasteiger charge is -2.29. The summed E-state index contributed by atoms with van der Waals surface area (Å²) in [5, 5.41) is 0. The highest BCUT2D eigenvalue weighted by molar-refractivity contribution is 5.15. The van der Waals surface area contributed by atoms with Crippen molar-refractivity contribution in [3.63, 3.8) is 0 Å². The third kappa shape index (κ3) is 8.63. The quantitative estimate of drug-likeness (QED) is 0.269. The maximum Gasteiger partial charge on any atom is 0.0948 e. The SMILES string of the molecule is CCCCCCCCC(Cc1ccccc1)C(CCCCCC)n1ccnc1. The van der Waals surface area contributed by atoms with Crippen LogP contribution in [-0.4, -0.2) is 9.55 Å². The van der Waals surface area contributed by atoms with Gasteiger partial charge in [-0.25, -0.2) is 4.98 Å². The predicted octanol–water partition coefficient (Wildman–Crippen LogP) is 8.00. The summed E-state index contributed by atoms with van der Waals surface area (Å²) in [5.74, 6) is 0.699. The summed E-state index contributed by atoms with van der Waals surface area (Å²) < 4.78 is 2.40. The molecule has 0 radical (unpaired) electrons. The average Bonchev–Trinajstić information content (AvgIpc) is 3.25. The van der Waals surface area contributed by atoms with Crippen LogP contribution in [0.25, 0.3) is 0 Å². The van der Waals surface area contributed by atoms with Gasteiger partial charge < -0.3 is 4.57 Å². The molecule has 2 heteroatoms. The van der Waals surface area contributed by atoms with Crippen LogP contribution in [0.15, 0.2) is 49.1 Å². The van der Waals surface area contributed by atoms with E-state index in [4.69, 9.17) is 0 Å². The summed E-state index contributed by atoms with van der Waals surface area (Å²) in [6.07, 6.45) is 23.6. The number of aromatic nitrogens is 2. The van der Waals surface area contributed by atoms with Crippen molar-refractivity contribution in [3.05, 3.63) is 54.6 Å². The van der Waals surface area contributed by atoms with Crippen LogP contribution in [0.2, 0.25) is 0 Å². The van der Waals surface area contributed by atoms with Crippen molar-refractivity contribution >= 4 is 0 Å². The highest BCUT2D eigenvalue weighted by Gasteiger charge is 2.22. The molecule has 2 atom stereocenters. The summed E-state index contributed by atoms with van der Waals surface area (Å²) in [6.45, 7) is 4.59. The maximum atomic E-state index is 4.37. The Bertz CT molecular complexity index is 576. The molecule has 1 heterocycles. The standard InChI is InChI=1S/C26H42N2/c1-3-5-7-9-10-14-18-25(22-24-16-12-11-13-17-24)26(19-15-8-6-4-2)28-21-20-27-23-28/h11-13,16-17,20-21,23,25-26H,3-10,14-15,18-19,22H2,1-2H3. The van der Waals surface area contributed by atoms with Crippen LogP contribution in [0.3, 0.4) is 0 Å². The lowest BCUT2D eigenvalue weighted by Crippen LogP contribution is -2.21. The van der Waals surface area contributed by atoms with Crippen LogP contribution < -0.4 is 0 Å². The van der Waals surface area contributed by atoms with E-state index < -0.39 is 0 Å². The number of hydrogen-bond acceptors (Lipinski definition) is 1. The molecule has 156 valence electrons. The van der Waals surface area contributed by atoms with E-state index in [2.05, 4.69) is 59.9 Å². The fraction of sp³-hybridized carbons (Fsp3) is 0.654. The number of nitrogens with zero attached hydrogens (tertiary/aromatic N) is 2. The molecule has 0 aliphatic rings. The van der Waals surface area contributed by atoms with E-state index in [0.29, 0.717) is 12.0 Å². The molecule has 0 N–H and O–H groups in total. The van der Waals surface area contributed by atoms with E-state index in [0.717, 1.165) is 0 Å². The van der Waals surface area contributed by atoms with Crippen molar-refractivity contribution < 1.29 is 0 Å². The van der Waals surface area contributed by atoms with Crippen molar-refractivity contribution in [3.8, 4) is 0 Å². The maximum absolute atomic E-state index is 4.37. The van der Waals surface area contributed by atoms with E-state index in [1.165, 1.54) is 89.0 Å². The minimum Gasteiger partial charge on any atom is -0.334 e. The fourth-order valence-corrected chi connectivity index (χ4v) is 4.41. The first-order valence-corrected chi connectivity index (χ1v) is 11.9. The third-order valence-electron chi connectivity index (χ3n) is 6.07. The highest BCUT2D eigenvalue weighted by Crippen LogP contribution is 2.32. The highest BCUT2D eigenvalue weighted by atomic mass is 15.1. The number of rotatable bonds is 16. The molecule has 1 aromatic heterocycles. The minimum absolute atomic E-state index is 0.579. The van der Waals surface area contributed by atoms with Gasteiger partial charge in [0.1, 0.15) is 0 Å². The first-order chi connectivity index (χ1) is 13.8. The summed E-state index contributed by atoms with van der Waals surface area (Å²) in [7, 11) is 0. The normalized spacial score (nSPS) is 13.5. The van der Waals surface area contributed by atoms with Crippen LogP contribution in [-0.2, 0) is 6.42 Å². The first-order valence-electron chi connectivity index (χ1n) is 11.9. The molecule has 0 fully saturated rings. The predicted molar refractivity (Wildman–Crippen MR) is 122 cm³/mol. The third-order valence-corrected chi connectivity index (χ3v) is 6.07. The molecule has 1 aromatic carbocycles. The molecule has 0 aliphatic carbocycles. The van der Waals surface area contributed by atoms with E-state index in [9.17, 15) is 0 Å². The molecule has 2 nitrogen and oxygen atoms in total. The summed E-state index contributed by atoms with van der Waals surface area (Å²) in [5.41, 5.74) is 1.48. The molecule has 0 aliphatic heterocycles. The molecule has 0 amide bonds. The summed E-state index contributed by atoms with van der Waals surface area (Å²) >= 11 is 0. The van der Waals surface area contributed by atoms with Gasteiger partial charge in [0.05, 0.1) is 6.33 Å². The van der Waals surface area contributed by atoms with Crippen LogP contribution in [0.5, 0.6) is 0 Å². The van der Waals surface area contributed by atoms with Gasteiger partial charge in [0.2, 0.25) is 0 Å². The molecule has 2 unspecified atom stereocenters. The van der Waals surface area contributed by atoms with Gasteiger partial charge in [-0.05, 0) is 30.7 Å². The second-order valence-electron chi connectivity index (χ2n) is 8.43. The van der Waals surface area contributed by atoms with E-state index in [-0.39, 0.29) is 0 Å². The van der Waals surface area contributed by atoms with Crippen molar-refractivity contribution in [2.45, 2.75) is 103 Å². The molecular weight excluding hydrogens is 340 g/mol. The average molecular weight is 383 g/mol. The van der Waals surface area contributed by atoms with E-state index in [1.54, 1.807) is 0 Å². The van der Waals surface area contributed by atoms with E-state index in [1.807, 2.05) is 12.5 Å². The van der Waals surface area contributed by atoms with Gasteiger partial charge >= 0.3 is 0 Å². The number of hydrogen-bond donors (Lipinski definition) is 0. The summed E-state index contributed by atoms with van der Waals surface area (Å²) in [4.78, 5) is 4.37. The molecule has 28 heavy (non-hydrogen) atoms. The zero-order chi connectivity index (χ0) is 19.9. The van der Waals surface area contributed by atoms with E-state index >= 15 is 0 Å². The van der Waals surface area contributed by atoms with Gasteiger partial charge in [0, 0.05) is 18.4 Å². The lowest BCUT2D eigenvalue weighted by molar-refractivity contribution is 0.275. The Hall–Kier alpha value is -1.57. The number of unbranched alkanes of at least 4 members (excludes halogenated alkanes) is 8. The fourth-order valence-electron chi connectivity index (χ4n) is 4.41. The van der Waals surface area contributed by atoms with Crippen LogP contribution in [0.1, 0.15) is 103 Å². The molecule has 0 saturated heterocycles. The van der Waals surface area contributed by atoms with Gasteiger partial charge in [-0.3, -0.25) is 0 Å². The van der Waals surface area contributed by atoms with Crippen LogP contribution in [0, 0.1) is 5.92 Å². The first kappa shape index (κ1) is 22.7. The molecule has 2 rings (SSSR count). The number of benzene rings is 1. The monoisotopic (exact) mass is 382 g/mol. The van der Waals surface area contributed by atoms with Crippen LogP contribution >= 0.6 is 0 Å². The van der Waals surface area contributed by atoms with Crippen molar-refractivity contribution in [1.29, 1.82) is 0 Å². The Morgan fingerprint density at radius 1 is 0.786 bits per heavy atom. The van der Waals surface area contributed by atoms with Crippen molar-refractivity contribution in [2.24, 2.45) is 5.92 Å². The summed E-state index contributed by atoms with van der Waals surface area (Å²) in [6, 6.07) is 11.7. The Kier molecular flexibility index (Phi) is 11.7. The van der Waals surface area contributed by atoms with Gasteiger partial charge in [-0.15, -0.1) is 0 Å². The molecular formula is C26H42N2. The Labute approximate surface area is 173 Å². The largest absolute Gasteiger partial charge is 0.334 e. The van der Waals surface area contributed by atoms with Crippen molar-refractivity contribution in [1.82, 2.24) is 9.55 Å². The zero-order valence-electron chi connectivity index (χ0n) is 18.4. The smallest absolute Gasteiger partial charge is 0.0948 e.